The molecule has 0 saturated carbocycles. The predicted molar refractivity (Wildman–Crippen MR) is 46.4 cm³/mol. The molecule has 0 aliphatic rings. The van der Waals surface area contributed by atoms with Crippen molar-refractivity contribution in [2.24, 2.45) is 0 Å². The minimum atomic E-state index is -1.25. The van der Waals surface area contributed by atoms with E-state index in [1.165, 1.54) is 0 Å². The number of ether oxygens (including phenoxy) is 1. The number of nitrogens with one attached hydrogen (secondary N) is 1. The lowest BCUT2D eigenvalue weighted by atomic mass is 10.4. The minimum Gasteiger partial charge on any atom is -0.481 e. The highest BCUT2D eigenvalue weighted by Gasteiger charge is 2.07. The number of hydrogen-bond donors (Lipinski definition) is 2. The van der Waals surface area contributed by atoms with Gasteiger partial charge in [-0.2, -0.15) is 0 Å². The summed E-state index contributed by atoms with van der Waals surface area (Å²) in [4.78, 5) is 31.2. The first-order valence-electron chi connectivity index (χ1n) is 3.84. The van der Waals surface area contributed by atoms with Crippen molar-refractivity contribution in [2.45, 2.75) is 6.42 Å². The molecule has 14 heavy (non-hydrogen) atoms. The number of rotatable bonds is 6. The van der Waals surface area contributed by atoms with Gasteiger partial charge in [-0.3, -0.25) is 14.4 Å². The van der Waals surface area contributed by atoms with Crippen molar-refractivity contribution in [3.8, 4) is 0 Å². The molecule has 0 fully saturated rings. The standard InChI is InChI=1S/C8H11NO5/c1-2-6(10)9-3-4-14-8(13)5-7(11)12/h2H,1,3-5H2,(H,9,10)(H,11,12). The van der Waals surface area contributed by atoms with E-state index in [2.05, 4.69) is 16.6 Å². The van der Waals surface area contributed by atoms with Crippen LogP contribution in [0, 0.1) is 0 Å². The van der Waals surface area contributed by atoms with Crippen LogP contribution in [0.4, 0.5) is 0 Å². The van der Waals surface area contributed by atoms with Crippen LogP contribution in [-0.4, -0.2) is 36.1 Å². The highest BCUT2D eigenvalue weighted by molar-refractivity contribution is 5.90. The molecule has 0 aromatic rings. The van der Waals surface area contributed by atoms with Gasteiger partial charge < -0.3 is 15.2 Å². The predicted octanol–water partition coefficient (Wildman–Crippen LogP) is -0.694. The lowest BCUT2D eigenvalue weighted by Crippen LogP contribution is -2.26. The molecule has 6 heteroatoms. The number of carboxylic acid groups (broad SMARTS) is 1. The Labute approximate surface area is 80.5 Å². The Morgan fingerprint density at radius 1 is 1.43 bits per heavy atom. The van der Waals surface area contributed by atoms with Crippen LogP contribution in [-0.2, 0) is 19.1 Å². The summed E-state index contributed by atoms with van der Waals surface area (Å²) >= 11 is 0. The van der Waals surface area contributed by atoms with Crippen LogP contribution in [0.15, 0.2) is 12.7 Å². The van der Waals surface area contributed by atoms with Gasteiger partial charge >= 0.3 is 11.9 Å². The van der Waals surface area contributed by atoms with Gasteiger partial charge in [0.25, 0.3) is 0 Å². The van der Waals surface area contributed by atoms with Crippen LogP contribution in [0.25, 0.3) is 0 Å². The van der Waals surface area contributed by atoms with E-state index in [4.69, 9.17) is 5.11 Å². The molecule has 0 unspecified atom stereocenters. The molecule has 0 spiro atoms. The fourth-order valence-electron chi connectivity index (χ4n) is 0.586. The molecule has 6 nitrogen and oxygen atoms in total. The largest absolute Gasteiger partial charge is 0.481 e. The van der Waals surface area contributed by atoms with Crippen LogP contribution in [0.1, 0.15) is 6.42 Å². The molecule has 0 atom stereocenters. The zero-order valence-corrected chi connectivity index (χ0v) is 7.49. The average molecular weight is 201 g/mol. The number of hydrogen-bond acceptors (Lipinski definition) is 4. The molecule has 0 bridgehead atoms. The van der Waals surface area contributed by atoms with Gasteiger partial charge in [-0.05, 0) is 6.08 Å². The van der Waals surface area contributed by atoms with Crippen molar-refractivity contribution >= 4 is 17.8 Å². The fourth-order valence-corrected chi connectivity index (χ4v) is 0.586. The van der Waals surface area contributed by atoms with Crippen LogP contribution < -0.4 is 5.32 Å². The highest BCUT2D eigenvalue weighted by Crippen LogP contribution is 1.85. The summed E-state index contributed by atoms with van der Waals surface area (Å²) in [6, 6.07) is 0. The van der Waals surface area contributed by atoms with Crippen LogP contribution >= 0.6 is 0 Å². The molecule has 0 radical (unpaired) electrons. The SMILES string of the molecule is C=CC(=O)NCCOC(=O)CC(=O)O. The molecule has 0 aromatic heterocycles. The second-order valence-corrected chi connectivity index (χ2v) is 2.29. The Morgan fingerprint density at radius 3 is 2.57 bits per heavy atom. The number of aliphatic carboxylic acids is 1. The highest BCUT2D eigenvalue weighted by atomic mass is 16.5. The molecule has 0 aliphatic heterocycles. The number of carbonyl (C=O) groups excluding carboxylic acids is 2. The van der Waals surface area contributed by atoms with Gasteiger partial charge in [0.2, 0.25) is 5.91 Å². The summed E-state index contributed by atoms with van der Waals surface area (Å²) in [5.74, 6) is -2.45. The Balaban J connectivity index is 3.45. The monoisotopic (exact) mass is 201 g/mol. The summed E-state index contributed by atoms with van der Waals surface area (Å²) in [5, 5.41) is 10.5. The lowest BCUT2D eigenvalue weighted by Gasteiger charge is -2.03. The third kappa shape index (κ3) is 6.84. The van der Waals surface area contributed by atoms with E-state index in [0.717, 1.165) is 6.08 Å². The zero-order valence-electron chi connectivity index (χ0n) is 7.49. The van der Waals surface area contributed by atoms with E-state index < -0.39 is 18.4 Å². The van der Waals surface area contributed by atoms with E-state index in [0.29, 0.717) is 0 Å². The first-order chi connectivity index (χ1) is 6.56. The molecule has 0 aromatic carbocycles. The topological polar surface area (TPSA) is 92.7 Å². The Bertz CT molecular complexity index is 248. The van der Waals surface area contributed by atoms with Crippen LogP contribution in [0.5, 0.6) is 0 Å². The zero-order chi connectivity index (χ0) is 11.0. The van der Waals surface area contributed by atoms with Crippen molar-refractivity contribution in [3.05, 3.63) is 12.7 Å². The maximum Gasteiger partial charge on any atom is 0.317 e. The molecule has 0 aliphatic carbocycles. The molecule has 1 amide bonds. The van der Waals surface area contributed by atoms with Crippen molar-refractivity contribution < 1.29 is 24.2 Å². The second-order valence-electron chi connectivity index (χ2n) is 2.29. The number of esters is 1. The van der Waals surface area contributed by atoms with E-state index in [-0.39, 0.29) is 19.1 Å². The number of amides is 1. The molecule has 2 N–H and O–H groups in total. The van der Waals surface area contributed by atoms with Crippen molar-refractivity contribution in [3.63, 3.8) is 0 Å². The van der Waals surface area contributed by atoms with Gasteiger partial charge in [0.05, 0.1) is 6.54 Å². The summed E-state index contributed by atoms with van der Waals surface area (Å²) in [6.45, 7) is 3.30. The van der Waals surface area contributed by atoms with Gasteiger partial charge in [0.1, 0.15) is 13.0 Å². The molecule has 78 valence electrons. The summed E-state index contributed by atoms with van der Waals surface area (Å²) in [7, 11) is 0. The first-order valence-corrected chi connectivity index (χ1v) is 3.84. The van der Waals surface area contributed by atoms with E-state index in [9.17, 15) is 14.4 Å². The third-order valence-electron chi connectivity index (χ3n) is 1.15. The number of carboxylic acids is 1. The first kappa shape index (κ1) is 12.2. The summed E-state index contributed by atoms with van der Waals surface area (Å²) in [6.07, 6.45) is 0.411. The van der Waals surface area contributed by atoms with E-state index >= 15 is 0 Å². The van der Waals surface area contributed by atoms with Gasteiger partial charge in [0.15, 0.2) is 0 Å². The van der Waals surface area contributed by atoms with Gasteiger partial charge in [-0.15, -0.1) is 0 Å². The summed E-state index contributed by atoms with van der Waals surface area (Å²) < 4.78 is 4.48. The van der Waals surface area contributed by atoms with Crippen LogP contribution in [0.2, 0.25) is 0 Å². The fraction of sp³-hybridized carbons (Fsp3) is 0.375. The Hall–Kier alpha value is -1.85. The molecular formula is C8H11NO5. The Morgan fingerprint density at radius 2 is 2.07 bits per heavy atom. The lowest BCUT2D eigenvalue weighted by molar-refractivity contribution is -0.151. The third-order valence-corrected chi connectivity index (χ3v) is 1.15. The van der Waals surface area contributed by atoms with Crippen LogP contribution in [0.3, 0.4) is 0 Å². The second kappa shape index (κ2) is 6.64. The minimum absolute atomic E-state index is 0.0499. The maximum atomic E-state index is 10.6. The summed E-state index contributed by atoms with van der Waals surface area (Å²) in [5.41, 5.74) is 0. The normalized spacial score (nSPS) is 8.86. The van der Waals surface area contributed by atoms with Crippen molar-refractivity contribution in [1.82, 2.24) is 5.32 Å². The van der Waals surface area contributed by atoms with Crippen molar-refractivity contribution in [2.75, 3.05) is 13.2 Å². The number of carbonyl (C=O) groups is 3. The van der Waals surface area contributed by atoms with Gasteiger partial charge in [-0.25, -0.2) is 0 Å². The molecule has 0 heterocycles. The quantitative estimate of drug-likeness (QED) is 0.257. The average Bonchev–Trinajstić information content (AvgIpc) is 2.10. The Kier molecular flexibility index (Phi) is 5.77. The molecular weight excluding hydrogens is 190 g/mol. The van der Waals surface area contributed by atoms with E-state index in [1.54, 1.807) is 0 Å². The van der Waals surface area contributed by atoms with Crippen molar-refractivity contribution in [1.29, 1.82) is 0 Å². The maximum absolute atomic E-state index is 10.6. The molecule has 0 saturated heterocycles. The van der Waals surface area contributed by atoms with E-state index in [1.807, 2.05) is 0 Å². The van der Waals surface area contributed by atoms with Gasteiger partial charge in [-0.1, -0.05) is 6.58 Å². The van der Waals surface area contributed by atoms with Gasteiger partial charge in [0, 0.05) is 0 Å². The smallest absolute Gasteiger partial charge is 0.317 e. The molecule has 0 rings (SSSR count).